The molecule has 0 saturated heterocycles. The zero-order valence-electron chi connectivity index (χ0n) is 17.3. The first kappa shape index (κ1) is 25.8. The maximum Gasteiger partial charge on any atom is 0.235 e. The second-order valence-electron chi connectivity index (χ2n) is 7.79. The number of unbranched alkanes of at least 4 members (excludes halogenated alkanes) is 11. The van der Waals surface area contributed by atoms with Gasteiger partial charge in [0.2, 0.25) is 12.1 Å². The smallest absolute Gasteiger partial charge is 0.235 e. The summed E-state index contributed by atoms with van der Waals surface area (Å²) in [7, 11) is 0. The highest BCUT2D eigenvalue weighted by molar-refractivity contribution is 4.67. The molecule has 0 heterocycles. The Balaban J connectivity index is 3.68. The molecule has 0 spiro atoms. The monoisotopic (exact) mass is 388 g/mol. The molecule has 0 aromatic rings. The molecule has 7 heteroatoms. The van der Waals surface area contributed by atoms with Gasteiger partial charge in [-0.1, -0.05) is 77.6 Å². The fraction of sp³-hybridized carbons (Fsp3) is 1.00. The van der Waals surface area contributed by atoms with Gasteiger partial charge in [-0.3, -0.25) is 20.2 Å². The van der Waals surface area contributed by atoms with Crippen molar-refractivity contribution in [2.45, 2.75) is 128 Å². The van der Waals surface area contributed by atoms with Gasteiger partial charge in [-0.15, -0.1) is 0 Å². The second kappa shape index (κ2) is 16.9. The van der Waals surface area contributed by atoms with E-state index in [1.165, 1.54) is 64.7 Å². The number of nitro groups is 2. The molecule has 7 nitrogen and oxygen atoms in total. The average molecular weight is 389 g/mol. The molecule has 160 valence electrons. The molecular formula is C20H40N2O5. The summed E-state index contributed by atoms with van der Waals surface area (Å²) in [6, 6.07) is -1.79. The van der Waals surface area contributed by atoms with Gasteiger partial charge >= 0.3 is 0 Å². The van der Waals surface area contributed by atoms with E-state index in [-0.39, 0.29) is 17.8 Å². The maximum absolute atomic E-state index is 11.1. The first-order valence-corrected chi connectivity index (χ1v) is 10.8. The lowest BCUT2D eigenvalue weighted by Crippen LogP contribution is -2.32. The van der Waals surface area contributed by atoms with E-state index in [4.69, 9.17) is 0 Å². The minimum absolute atomic E-state index is 0.103. The molecular weight excluding hydrogens is 348 g/mol. The number of hydrogen-bond acceptors (Lipinski definition) is 5. The predicted octanol–water partition coefficient (Wildman–Crippen LogP) is 5.53. The zero-order valence-corrected chi connectivity index (χ0v) is 17.3. The second-order valence-corrected chi connectivity index (χ2v) is 7.79. The van der Waals surface area contributed by atoms with Crippen LogP contribution in [0.1, 0.15) is 110 Å². The van der Waals surface area contributed by atoms with Crippen LogP contribution in [0.15, 0.2) is 0 Å². The third kappa shape index (κ3) is 14.5. The lowest BCUT2D eigenvalue weighted by Gasteiger charge is -2.14. The van der Waals surface area contributed by atoms with E-state index >= 15 is 0 Å². The Kier molecular flexibility index (Phi) is 16.1. The Morgan fingerprint density at radius 2 is 1.15 bits per heavy atom. The van der Waals surface area contributed by atoms with Gasteiger partial charge in [0.05, 0.1) is 0 Å². The van der Waals surface area contributed by atoms with E-state index in [1.54, 1.807) is 0 Å². The van der Waals surface area contributed by atoms with Gasteiger partial charge in [0.25, 0.3) is 0 Å². The van der Waals surface area contributed by atoms with E-state index in [0.717, 1.165) is 19.3 Å². The summed E-state index contributed by atoms with van der Waals surface area (Å²) in [6.07, 6.45) is 14.3. The van der Waals surface area contributed by atoms with Crippen LogP contribution in [0.4, 0.5) is 0 Å². The normalized spacial score (nSPS) is 14.6. The Bertz CT molecular complexity index is 393. The predicted molar refractivity (Wildman–Crippen MR) is 108 cm³/mol. The molecule has 0 aliphatic rings. The third-order valence-electron chi connectivity index (χ3n) is 5.37. The van der Waals surface area contributed by atoms with Crippen molar-refractivity contribution >= 4 is 0 Å². The van der Waals surface area contributed by atoms with Crippen LogP contribution in [0.3, 0.4) is 0 Å². The molecule has 0 amide bonds. The minimum atomic E-state index is -1.12. The van der Waals surface area contributed by atoms with Crippen LogP contribution in [0, 0.1) is 20.2 Å². The van der Waals surface area contributed by atoms with Crippen LogP contribution < -0.4 is 0 Å². The third-order valence-corrected chi connectivity index (χ3v) is 5.37. The molecule has 0 saturated carbocycles. The lowest BCUT2D eigenvalue weighted by atomic mass is 9.99. The van der Waals surface area contributed by atoms with Gasteiger partial charge in [-0.25, -0.2) is 0 Å². The highest BCUT2D eigenvalue weighted by atomic mass is 16.6. The van der Waals surface area contributed by atoms with Crippen LogP contribution in [-0.2, 0) is 0 Å². The standard InChI is InChI=1S/C20H40N2O5/c1-3-4-5-6-7-8-9-10-11-12-13-14-15-19(22(26)27)16-17-20(23)18(2)21(24)25/h18-20,23H,3-17H2,1-2H3. The van der Waals surface area contributed by atoms with E-state index in [1.807, 2.05) is 0 Å². The molecule has 0 radical (unpaired) electrons. The van der Waals surface area contributed by atoms with E-state index < -0.39 is 23.1 Å². The molecule has 0 aromatic heterocycles. The first-order chi connectivity index (χ1) is 12.9. The molecule has 0 bridgehead atoms. The zero-order chi connectivity index (χ0) is 20.5. The highest BCUT2D eigenvalue weighted by Crippen LogP contribution is 2.17. The van der Waals surface area contributed by atoms with Crippen molar-refractivity contribution in [2.24, 2.45) is 0 Å². The molecule has 0 aromatic carbocycles. The van der Waals surface area contributed by atoms with Crippen molar-refractivity contribution in [3.8, 4) is 0 Å². The molecule has 0 aliphatic carbocycles. The number of aliphatic hydroxyl groups excluding tert-OH is 1. The van der Waals surface area contributed by atoms with Crippen LogP contribution in [0.25, 0.3) is 0 Å². The molecule has 27 heavy (non-hydrogen) atoms. The van der Waals surface area contributed by atoms with Crippen molar-refractivity contribution in [3.63, 3.8) is 0 Å². The Morgan fingerprint density at radius 3 is 1.56 bits per heavy atom. The quantitative estimate of drug-likeness (QED) is 0.178. The van der Waals surface area contributed by atoms with Crippen molar-refractivity contribution in [3.05, 3.63) is 20.2 Å². The van der Waals surface area contributed by atoms with Gasteiger partial charge in [0, 0.05) is 29.6 Å². The molecule has 0 aliphatic heterocycles. The van der Waals surface area contributed by atoms with Gasteiger partial charge < -0.3 is 5.11 Å². The van der Waals surface area contributed by atoms with Crippen LogP contribution in [-0.4, -0.2) is 33.1 Å². The Hall–Kier alpha value is -1.24. The summed E-state index contributed by atoms with van der Waals surface area (Å²) in [5.41, 5.74) is 0. The number of aliphatic hydroxyl groups is 1. The van der Waals surface area contributed by atoms with Gasteiger partial charge in [0.15, 0.2) is 0 Å². The SMILES string of the molecule is CCCCCCCCCCCCCCC(CCC(O)C(C)[N+](=O)[O-])[N+](=O)[O-]. The first-order valence-electron chi connectivity index (χ1n) is 10.8. The molecule has 0 rings (SSSR count). The summed E-state index contributed by atoms with van der Waals surface area (Å²) in [6.45, 7) is 3.56. The summed E-state index contributed by atoms with van der Waals surface area (Å²) in [4.78, 5) is 20.9. The van der Waals surface area contributed by atoms with Crippen LogP contribution in [0.5, 0.6) is 0 Å². The number of rotatable bonds is 19. The Morgan fingerprint density at radius 1 is 0.704 bits per heavy atom. The topological polar surface area (TPSA) is 107 Å². The Labute approximate surface area is 164 Å². The van der Waals surface area contributed by atoms with E-state index in [9.17, 15) is 25.3 Å². The summed E-state index contributed by atoms with van der Waals surface area (Å²) in [5, 5.41) is 31.5. The highest BCUT2D eigenvalue weighted by Gasteiger charge is 2.27. The van der Waals surface area contributed by atoms with Crippen molar-refractivity contribution in [2.75, 3.05) is 0 Å². The van der Waals surface area contributed by atoms with Crippen LogP contribution >= 0.6 is 0 Å². The average Bonchev–Trinajstić information content (AvgIpc) is 2.63. The van der Waals surface area contributed by atoms with Crippen molar-refractivity contribution < 1.29 is 15.0 Å². The minimum Gasteiger partial charge on any atom is -0.386 e. The maximum atomic E-state index is 11.1. The molecule has 3 atom stereocenters. The summed E-state index contributed by atoms with van der Waals surface area (Å²) in [5.74, 6) is 0. The lowest BCUT2D eigenvalue weighted by molar-refractivity contribution is -0.534. The fourth-order valence-corrected chi connectivity index (χ4v) is 3.32. The van der Waals surface area contributed by atoms with E-state index in [2.05, 4.69) is 6.92 Å². The van der Waals surface area contributed by atoms with Gasteiger partial charge in [-0.05, 0) is 12.8 Å². The van der Waals surface area contributed by atoms with Crippen LogP contribution in [0.2, 0.25) is 0 Å². The molecule has 3 unspecified atom stereocenters. The summed E-state index contributed by atoms with van der Waals surface area (Å²) < 4.78 is 0. The van der Waals surface area contributed by atoms with Gasteiger partial charge in [-0.2, -0.15) is 0 Å². The summed E-state index contributed by atoms with van der Waals surface area (Å²) >= 11 is 0. The van der Waals surface area contributed by atoms with Crippen molar-refractivity contribution in [1.29, 1.82) is 0 Å². The number of hydrogen-bond donors (Lipinski definition) is 1. The van der Waals surface area contributed by atoms with E-state index in [0.29, 0.717) is 6.42 Å². The fourth-order valence-electron chi connectivity index (χ4n) is 3.32. The largest absolute Gasteiger partial charge is 0.386 e. The molecule has 0 fully saturated rings. The number of nitrogens with zero attached hydrogens (tertiary/aromatic N) is 2. The molecule has 1 N–H and O–H groups in total. The van der Waals surface area contributed by atoms with Gasteiger partial charge in [0.1, 0.15) is 6.10 Å². The van der Waals surface area contributed by atoms with Crippen molar-refractivity contribution in [1.82, 2.24) is 0 Å².